The van der Waals surface area contributed by atoms with Crippen LogP contribution in [0.3, 0.4) is 0 Å². The third kappa shape index (κ3) is 3.44. The van der Waals surface area contributed by atoms with Gasteiger partial charge in [-0.15, -0.1) is 0 Å². The van der Waals surface area contributed by atoms with Crippen LogP contribution < -0.4 is 4.57 Å². The molecule has 0 amide bonds. The average molecular weight is 477 g/mol. The van der Waals surface area contributed by atoms with Gasteiger partial charge in [0.25, 0.3) is 0 Å². The van der Waals surface area contributed by atoms with Crippen LogP contribution in [0.15, 0.2) is 65.0 Å². The Morgan fingerprint density at radius 2 is 1.67 bits per heavy atom. The van der Waals surface area contributed by atoms with E-state index in [0.29, 0.717) is 39.2 Å². The number of hydrogen-bond acceptors (Lipinski definition) is 2. The summed E-state index contributed by atoms with van der Waals surface area (Å²) in [5.74, 6) is 0.542. The van der Waals surface area contributed by atoms with E-state index in [1.54, 1.807) is 13.0 Å². The first-order chi connectivity index (χ1) is 19.5. The molecule has 3 nitrogen and oxygen atoms in total. The molecule has 1 saturated carbocycles. The first-order valence-corrected chi connectivity index (χ1v) is 12.5. The molecule has 0 radical (unpaired) electrons. The third-order valence-corrected chi connectivity index (χ3v) is 7.92. The molecule has 0 unspecified atom stereocenters. The maximum Gasteiger partial charge on any atom is 0.216 e. The predicted molar refractivity (Wildman–Crippen MR) is 146 cm³/mol. The third-order valence-electron chi connectivity index (χ3n) is 7.92. The molecule has 36 heavy (non-hydrogen) atoms. The van der Waals surface area contributed by atoms with Crippen LogP contribution in [0.1, 0.15) is 66.4 Å². The van der Waals surface area contributed by atoms with Crippen LogP contribution in [-0.4, -0.2) is 0 Å². The predicted octanol–water partition coefficient (Wildman–Crippen LogP) is 8.20. The van der Waals surface area contributed by atoms with Gasteiger partial charge in [-0.3, -0.25) is 0 Å². The molecule has 2 heterocycles. The Balaban J connectivity index is 1.74. The lowest BCUT2D eigenvalue weighted by Gasteiger charge is -2.13. The number of rotatable bonds is 3. The molecular weight excluding hydrogens is 440 g/mol. The zero-order valence-corrected chi connectivity index (χ0v) is 21.1. The van der Waals surface area contributed by atoms with E-state index in [-0.39, 0.29) is 17.6 Å². The summed E-state index contributed by atoms with van der Waals surface area (Å²) in [6.45, 7) is 5.92. The molecule has 6 rings (SSSR count). The summed E-state index contributed by atoms with van der Waals surface area (Å²) in [6, 6.07) is 10.7. The van der Waals surface area contributed by atoms with Crippen LogP contribution in [0.4, 0.5) is 0 Å². The van der Waals surface area contributed by atoms with E-state index in [2.05, 4.69) is 49.7 Å². The van der Waals surface area contributed by atoms with Gasteiger partial charge < -0.3 is 4.42 Å². The number of nitriles is 1. The summed E-state index contributed by atoms with van der Waals surface area (Å²) < 4.78 is 50.8. The first kappa shape index (κ1) is 17.5. The van der Waals surface area contributed by atoms with E-state index < -0.39 is 18.1 Å². The van der Waals surface area contributed by atoms with Gasteiger partial charge in [-0.05, 0) is 60.9 Å². The van der Waals surface area contributed by atoms with Gasteiger partial charge in [-0.2, -0.15) is 9.83 Å². The maximum atomic E-state index is 10.0. The number of nitrogens with zero attached hydrogens (tertiary/aromatic N) is 2. The average Bonchev–Trinajstić information content (AvgIpc) is 3.62. The van der Waals surface area contributed by atoms with E-state index in [4.69, 9.17) is 11.3 Å². The van der Waals surface area contributed by atoms with E-state index in [0.717, 1.165) is 27.9 Å². The zero-order chi connectivity index (χ0) is 29.3. The minimum absolute atomic E-state index is 0.0394. The quantitative estimate of drug-likeness (QED) is 0.246. The van der Waals surface area contributed by atoms with E-state index in [9.17, 15) is 5.26 Å². The summed E-state index contributed by atoms with van der Waals surface area (Å²) in [6.07, 6.45) is 4.88. The van der Waals surface area contributed by atoms with Crippen molar-refractivity contribution in [3.63, 3.8) is 0 Å². The van der Waals surface area contributed by atoms with Gasteiger partial charge >= 0.3 is 0 Å². The Bertz CT molecular complexity index is 1930. The number of furan rings is 1. The molecule has 3 heteroatoms. The van der Waals surface area contributed by atoms with Crippen molar-refractivity contribution in [2.24, 2.45) is 7.05 Å². The summed E-state index contributed by atoms with van der Waals surface area (Å²) in [4.78, 5) is 0. The highest BCUT2D eigenvalue weighted by Crippen LogP contribution is 2.43. The molecular formula is C33H31N2O+. The number of benzene rings is 3. The molecule has 2 aromatic heterocycles. The number of aromatic nitrogens is 1. The van der Waals surface area contributed by atoms with Gasteiger partial charge in [-0.1, -0.05) is 55.2 Å². The lowest BCUT2D eigenvalue weighted by Crippen LogP contribution is -2.35. The van der Waals surface area contributed by atoms with Crippen LogP contribution in [0.5, 0.6) is 0 Å². The van der Waals surface area contributed by atoms with Crippen LogP contribution in [-0.2, 0) is 7.05 Å². The van der Waals surface area contributed by atoms with Gasteiger partial charge in [0.1, 0.15) is 18.2 Å². The molecule has 1 aliphatic rings. The molecule has 3 aromatic carbocycles. The molecule has 0 N–H and O–H groups in total. The molecule has 0 spiro atoms. The minimum Gasteiger partial charge on any atom is -0.454 e. The topological polar surface area (TPSA) is 40.8 Å². The smallest absolute Gasteiger partial charge is 0.216 e. The number of hydrogen-bond donors (Lipinski definition) is 0. The molecule has 0 atom stereocenters. The van der Waals surface area contributed by atoms with Crippen molar-refractivity contribution in [2.75, 3.05) is 0 Å². The molecule has 178 valence electrons. The van der Waals surface area contributed by atoms with Crippen molar-refractivity contribution < 1.29 is 15.8 Å². The lowest BCUT2D eigenvalue weighted by molar-refractivity contribution is -0.666. The summed E-state index contributed by atoms with van der Waals surface area (Å²) in [5, 5.41) is 11.5. The van der Waals surface area contributed by atoms with Crippen molar-refractivity contribution in [3.05, 3.63) is 88.5 Å². The fraction of sp³-hybridized carbons (Fsp3) is 0.273. The fourth-order valence-corrected chi connectivity index (χ4v) is 5.83. The summed E-state index contributed by atoms with van der Waals surface area (Å²) in [7, 11) is 2.06. The zero-order valence-electron chi connectivity index (χ0n) is 26.1. The van der Waals surface area contributed by atoms with Crippen molar-refractivity contribution in [1.29, 1.82) is 5.26 Å². The highest BCUT2D eigenvalue weighted by Gasteiger charge is 2.27. The van der Waals surface area contributed by atoms with Crippen LogP contribution in [0.2, 0.25) is 0 Å². The lowest BCUT2D eigenvalue weighted by atomic mass is 9.92. The van der Waals surface area contributed by atoms with Gasteiger partial charge in [0.05, 0.1) is 24.0 Å². The highest BCUT2D eigenvalue weighted by atomic mass is 16.3. The maximum absolute atomic E-state index is 10.0. The second kappa shape index (κ2) is 8.64. The van der Waals surface area contributed by atoms with Crippen molar-refractivity contribution >= 4 is 21.9 Å². The molecule has 5 aromatic rings. The molecule has 0 aliphatic heterocycles. The van der Waals surface area contributed by atoms with Crippen molar-refractivity contribution in [1.82, 2.24) is 0 Å². The van der Waals surface area contributed by atoms with E-state index in [1.165, 1.54) is 31.2 Å². The second-order valence-electron chi connectivity index (χ2n) is 10.0. The monoisotopic (exact) mass is 476 g/mol. The van der Waals surface area contributed by atoms with Crippen molar-refractivity contribution in [2.45, 2.75) is 52.4 Å². The molecule has 1 fully saturated rings. The Hall–Kier alpha value is -3.90. The Kier molecular flexibility index (Phi) is 4.21. The van der Waals surface area contributed by atoms with Gasteiger partial charge in [0.15, 0.2) is 5.69 Å². The summed E-state index contributed by atoms with van der Waals surface area (Å²) >= 11 is 0. The SMILES string of the molecule is [2H]c1c([2H])c([2H])c(-c2c(C)c(C#N)cc3c2oc2c(-c4cc(C5CCCC5)cc(C)[n+]4C)c(C)ccc23)c([2H])c1[2H]. The Morgan fingerprint density at radius 3 is 2.39 bits per heavy atom. The number of fused-ring (bicyclic) bond motifs is 3. The van der Waals surface area contributed by atoms with E-state index >= 15 is 0 Å². The largest absolute Gasteiger partial charge is 0.454 e. The molecule has 0 bridgehead atoms. The normalized spacial score (nSPS) is 16.0. The van der Waals surface area contributed by atoms with Gasteiger partial charge in [0.2, 0.25) is 5.69 Å². The molecule has 0 saturated heterocycles. The van der Waals surface area contributed by atoms with Crippen LogP contribution in [0, 0.1) is 32.1 Å². The van der Waals surface area contributed by atoms with Crippen LogP contribution >= 0.6 is 0 Å². The van der Waals surface area contributed by atoms with Crippen molar-refractivity contribution in [3.8, 4) is 28.5 Å². The Morgan fingerprint density at radius 1 is 0.944 bits per heavy atom. The number of pyridine rings is 1. The highest BCUT2D eigenvalue weighted by molar-refractivity contribution is 6.14. The number of aryl methyl sites for hydroxylation is 2. The Labute approximate surface area is 219 Å². The van der Waals surface area contributed by atoms with Crippen LogP contribution in [0.25, 0.3) is 44.3 Å². The van der Waals surface area contributed by atoms with E-state index in [1.807, 2.05) is 6.07 Å². The van der Waals surface area contributed by atoms with Gasteiger partial charge in [0, 0.05) is 35.4 Å². The first-order valence-electron chi connectivity index (χ1n) is 15.0. The minimum atomic E-state index is -0.457. The fourth-order valence-electron chi connectivity index (χ4n) is 5.83. The molecule has 1 aliphatic carbocycles. The van der Waals surface area contributed by atoms with Gasteiger partial charge in [-0.25, -0.2) is 0 Å². The standard InChI is InChI=1S/C33H31N2O/c1-20-14-15-27-28-17-26(19-34)22(3)31(24-12-6-5-7-13-24)33(28)36-32(27)30(20)29-18-25(16-21(2)35(29)4)23-10-8-9-11-23/h5-7,12-18,23H,8-11H2,1-4H3/q+1/i5D,6D,7D,12D,13D. The summed E-state index contributed by atoms with van der Waals surface area (Å²) in [5.41, 5.74) is 7.86. The second-order valence-corrected chi connectivity index (χ2v) is 10.0.